The van der Waals surface area contributed by atoms with Gasteiger partial charge in [0, 0.05) is 43.8 Å². The number of carbonyl (C=O) groups excluding carboxylic acids is 1. The molecule has 132 valence electrons. The predicted molar refractivity (Wildman–Crippen MR) is 89.7 cm³/mol. The summed E-state index contributed by atoms with van der Waals surface area (Å²) in [5.41, 5.74) is 0.556. The van der Waals surface area contributed by atoms with E-state index < -0.39 is 0 Å². The number of aromatic nitrogens is 1. The first-order chi connectivity index (χ1) is 11.5. The van der Waals surface area contributed by atoms with Gasteiger partial charge in [0.1, 0.15) is 6.54 Å². The first-order valence-corrected chi connectivity index (χ1v) is 8.71. The number of likely N-dealkylation sites (tertiary alicyclic amines) is 1. The predicted octanol–water partition coefficient (Wildman–Crippen LogP) is 0.935. The number of nitrogens with zero attached hydrogens (tertiary/aromatic N) is 2. The molecule has 1 aliphatic heterocycles. The van der Waals surface area contributed by atoms with Gasteiger partial charge in [-0.05, 0) is 38.3 Å². The first kappa shape index (κ1) is 17.2. The molecule has 6 nitrogen and oxygen atoms in total. The lowest BCUT2D eigenvalue weighted by atomic mass is 9.58. The maximum absolute atomic E-state index is 12.5. The minimum atomic E-state index is -0.328. The zero-order valence-corrected chi connectivity index (χ0v) is 14.4. The summed E-state index contributed by atoms with van der Waals surface area (Å²) < 4.78 is 7.20. The van der Waals surface area contributed by atoms with Crippen molar-refractivity contribution in [3.63, 3.8) is 0 Å². The van der Waals surface area contributed by atoms with Crippen molar-refractivity contribution in [1.29, 1.82) is 0 Å². The van der Waals surface area contributed by atoms with E-state index in [2.05, 4.69) is 0 Å². The van der Waals surface area contributed by atoms with E-state index in [9.17, 15) is 14.7 Å². The number of aryl methyl sites for hydroxylation is 1. The van der Waals surface area contributed by atoms with Gasteiger partial charge in [-0.15, -0.1) is 0 Å². The van der Waals surface area contributed by atoms with Crippen molar-refractivity contribution in [3.05, 3.63) is 34.2 Å². The van der Waals surface area contributed by atoms with E-state index in [1.165, 1.54) is 10.6 Å². The van der Waals surface area contributed by atoms with Crippen LogP contribution in [0.3, 0.4) is 0 Å². The highest BCUT2D eigenvalue weighted by atomic mass is 16.5. The minimum absolute atomic E-state index is 0.0439. The third-order valence-electron chi connectivity index (χ3n) is 5.61. The fraction of sp³-hybridized carbons (Fsp3) is 0.667. The summed E-state index contributed by atoms with van der Waals surface area (Å²) in [6.07, 6.45) is 3.66. The molecule has 0 aromatic carbocycles. The SMILES string of the molecule is CCOC1CC(O)C12CCN(C(=O)Cn1ccc(C)cc1=O)CC2. The van der Waals surface area contributed by atoms with Gasteiger partial charge in [0.25, 0.3) is 5.56 Å². The fourth-order valence-corrected chi connectivity index (χ4v) is 3.97. The lowest BCUT2D eigenvalue weighted by Gasteiger charge is -2.56. The van der Waals surface area contributed by atoms with Gasteiger partial charge in [-0.2, -0.15) is 0 Å². The van der Waals surface area contributed by atoms with Crippen molar-refractivity contribution in [2.45, 2.75) is 51.9 Å². The van der Waals surface area contributed by atoms with Gasteiger partial charge in [0.05, 0.1) is 12.2 Å². The number of hydrogen-bond acceptors (Lipinski definition) is 4. The van der Waals surface area contributed by atoms with Crippen LogP contribution in [0.15, 0.2) is 23.1 Å². The molecule has 1 N–H and O–H groups in total. The molecule has 2 heterocycles. The first-order valence-electron chi connectivity index (χ1n) is 8.71. The molecule has 1 aliphatic carbocycles. The second-order valence-electron chi connectivity index (χ2n) is 6.98. The maximum atomic E-state index is 12.5. The zero-order valence-electron chi connectivity index (χ0n) is 14.4. The minimum Gasteiger partial charge on any atom is -0.392 e. The topological polar surface area (TPSA) is 71.8 Å². The Labute approximate surface area is 142 Å². The van der Waals surface area contributed by atoms with Crippen LogP contribution < -0.4 is 5.56 Å². The highest BCUT2D eigenvalue weighted by Crippen LogP contribution is 2.50. The molecule has 1 spiro atoms. The van der Waals surface area contributed by atoms with Crippen LogP contribution in [0, 0.1) is 12.3 Å². The highest BCUT2D eigenvalue weighted by Gasteiger charge is 2.56. The van der Waals surface area contributed by atoms with Crippen LogP contribution in [0.25, 0.3) is 0 Å². The molecule has 0 bridgehead atoms. The second-order valence-corrected chi connectivity index (χ2v) is 6.98. The number of rotatable bonds is 4. The van der Waals surface area contributed by atoms with E-state index in [0.717, 1.165) is 18.4 Å². The van der Waals surface area contributed by atoms with Crippen molar-refractivity contribution in [3.8, 4) is 0 Å². The second kappa shape index (κ2) is 6.69. The monoisotopic (exact) mass is 334 g/mol. The van der Waals surface area contributed by atoms with Gasteiger partial charge in [-0.25, -0.2) is 0 Å². The van der Waals surface area contributed by atoms with E-state index in [0.29, 0.717) is 26.1 Å². The van der Waals surface area contributed by atoms with Crippen molar-refractivity contribution in [2.75, 3.05) is 19.7 Å². The Kier molecular flexibility index (Phi) is 4.78. The molecule has 6 heteroatoms. The molecule has 1 saturated carbocycles. The summed E-state index contributed by atoms with van der Waals surface area (Å²) in [7, 11) is 0. The number of aliphatic hydroxyl groups excluding tert-OH is 1. The average Bonchev–Trinajstić information content (AvgIpc) is 2.57. The molecule has 2 atom stereocenters. The number of hydrogen-bond donors (Lipinski definition) is 1. The third-order valence-corrected chi connectivity index (χ3v) is 5.61. The maximum Gasteiger partial charge on any atom is 0.251 e. The smallest absolute Gasteiger partial charge is 0.251 e. The molecule has 2 fully saturated rings. The summed E-state index contributed by atoms with van der Waals surface area (Å²) in [4.78, 5) is 26.2. The fourth-order valence-electron chi connectivity index (χ4n) is 3.97. The molecule has 3 rings (SSSR count). The average molecular weight is 334 g/mol. The summed E-state index contributed by atoms with van der Waals surface area (Å²) >= 11 is 0. The zero-order chi connectivity index (χ0) is 17.3. The Morgan fingerprint density at radius 1 is 1.42 bits per heavy atom. The number of pyridine rings is 1. The number of aliphatic hydroxyl groups is 1. The van der Waals surface area contributed by atoms with E-state index in [4.69, 9.17) is 4.74 Å². The third kappa shape index (κ3) is 3.00. The number of piperidine rings is 1. The number of carbonyl (C=O) groups is 1. The van der Waals surface area contributed by atoms with Crippen LogP contribution in [0.4, 0.5) is 0 Å². The molecule has 2 unspecified atom stereocenters. The molecular formula is C18H26N2O4. The Morgan fingerprint density at radius 3 is 2.71 bits per heavy atom. The lowest BCUT2D eigenvalue weighted by molar-refractivity contribution is -0.210. The van der Waals surface area contributed by atoms with Crippen LogP contribution in [0.2, 0.25) is 0 Å². The van der Waals surface area contributed by atoms with E-state index in [-0.39, 0.29) is 35.6 Å². The quantitative estimate of drug-likeness (QED) is 0.889. The van der Waals surface area contributed by atoms with Crippen LogP contribution in [0.1, 0.15) is 31.7 Å². The Bertz CT molecular complexity index is 659. The molecule has 0 radical (unpaired) electrons. The number of ether oxygens (including phenoxy) is 1. The Morgan fingerprint density at radius 2 is 2.12 bits per heavy atom. The molecular weight excluding hydrogens is 308 g/mol. The standard InChI is InChI=1S/C18H26N2O4/c1-3-24-15-11-14(21)18(15)5-8-19(9-6-18)17(23)12-20-7-4-13(2)10-16(20)22/h4,7,10,14-15,21H,3,5-6,8-9,11-12H2,1-2H3. The van der Waals surface area contributed by atoms with Crippen molar-refractivity contribution in [1.82, 2.24) is 9.47 Å². The Balaban J connectivity index is 1.60. The van der Waals surface area contributed by atoms with Gasteiger partial charge in [-0.1, -0.05) is 0 Å². The number of amides is 1. The van der Waals surface area contributed by atoms with Crippen LogP contribution in [0.5, 0.6) is 0 Å². The summed E-state index contributed by atoms with van der Waals surface area (Å²) in [6, 6.07) is 3.37. The highest BCUT2D eigenvalue weighted by molar-refractivity contribution is 5.76. The largest absolute Gasteiger partial charge is 0.392 e. The van der Waals surface area contributed by atoms with E-state index in [1.54, 1.807) is 11.1 Å². The Hall–Kier alpha value is -1.66. The van der Waals surface area contributed by atoms with Crippen molar-refractivity contribution >= 4 is 5.91 Å². The summed E-state index contributed by atoms with van der Waals surface area (Å²) in [6.45, 7) is 5.77. The summed E-state index contributed by atoms with van der Waals surface area (Å²) in [5.74, 6) is -0.0439. The molecule has 24 heavy (non-hydrogen) atoms. The molecule has 1 saturated heterocycles. The van der Waals surface area contributed by atoms with Crippen molar-refractivity contribution in [2.24, 2.45) is 5.41 Å². The van der Waals surface area contributed by atoms with Gasteiger partial charge in [0.15, 0.2) is 0 Å². The van der Waals surface area contributed by atoms with E-state index >= 15 is 0 Å². The molecule has 2 aliphatic rings. The van der Waals surface area contributed by atoms with Crippen molar-refractivity contribution < 1.29 is 14.6 Å². The van der Waals surface area contributed by atoms with Gasteiger partial charge in [-0.3, -0.25) is 9.59 Å². The van der Waals surface area contributed by atoms with Crippen LogP contribution >= 0.6 is 0 Å². The van der Waals surface area contributed by atoms with E-state index in [1.807, 2.05) is 19.9 Å². The molecule has 1 aromatic rings. The normalized spacial score (nSPS) is 25.5. The van der Waals surface area contributed by atoms with Gasteiger partial charge in [0.2, 0.25) is 5.91 Å². The van der Waals surface area contributed by atoms with Gasteiger partial charge >= 0.3 is 0 Å². The van der Waals surface area contributed by atoms with Crippen LogP contribution in [-0.4, -0.2) is 52.4 Å². The van der Waals surface area contributed by atoms with Crippen LogP contribution in [-0.2, 0) is 16.1 Å². The van der Waals surface area contributed by atoms with Gasteiger partial charge < -0.3 is 19.3 Å². The molecule has 1 amide bonds. The molecule has 1 aromatic heterocycles. The lowest BCUT2D eigenvalue weighted by Crippen LogP contribution is -2.62. The summed E-state index contributed by atoms with van der Waals surface area (Å²) in [5, 5.41) is 10.2.